The molecule has 14 heteroatoms. The summed E-state index contributed by atoms with van der Waals surface area (Å²) in [6, 6.07) is 0. The van der Waals surface area contributed by atoms with Crippen LogP contribution in [0.4, 0.5) is 0 Å². The molecule has 1 rings (SSSR count). The molecule has 1 aliphatic heterocycles. The molecule has 0 aliphatic carbocycles. The molecular weight excluding hydrogens is 409 g/mol. The van der Waals surface area contributed by atoms with Crippen molar-refractivity contribution in [2.24, 2.45) is 5.16 Å². The molecule has 0 radical (unpaired) electrons. The van der Waals surface area contributed by atoms with Gasteiger partial charge in [0.1, 0.15) is 34.9 Å². The summed E-state index contributed by atoms with van der Waals surface area (Å²) in [5, 5.41) is 50.7. The van der Waals surface area contributed by atoms with Gasteiger partial charge in [0, 0.05) is 6.42 Å². The van der Waals surface area contributed by atoms with Crippen molar-refractivity contribution < 1.29 is 98.9 Å². The van der Waals surface area contributed by atoms with Crippen molar-refractivity contribution in [1.29, 1.82) is 0 Å². The Kier molecular flexibility index (Phi) is 12.1. The average Bonchev–Trinajstić information content (AvgIpc) is 2.52. The van der Waals surface area contributed by atoms with Crippen molar-refractivity contribution >= 4 is 27.2 Å². The summed E-state index contributed by atoms with van der Waals surface area (Å²) in [6.07, 6.45) is -6.41. The second kappa shape index (κ2) is 11.7. The summed E-state index contributed by atoms with van der Waals surface area (Å²) in [4.78, 5) is 0. The van der Waals surface area contributed by atoms with E-state index in [1.807, 2.05) is 0 Å². The largest absolute Gasteiger partial charge is 1.00 e. The molecule has 5 N–H and O–H groups in total. The zero-order valence-electron chi connectivity index (χ0n) is 13.2. The monoisotopic (exact) mass is 427 g/mol. The number of hydrogen-bond donors (Lipinski definition) is 5. The number of thioether (sulfide) groups is 1. The van der Waals surface area contributed by atoms with Gasteiger partial charge in [-0.1, -0.05) is 23.0 Å². The Balaban J connectivity index is 0.00000576. The Morgan fingerprint density at radius 3 is 2.44 bits per heavy atom. The van der Waals surface area contributed by atoms with Crippen LogP contribution in [0.25, 0.3) is 0 Å². The Morgan fingerprint density at radius 2 is 1.96 bits per heavy atom. The van der Waals surface area contributed by atoms with E-state index >= 15 is 0 Å². The van der Waals surface area contributed by atoms with E-state index in [1.54, 1.807) is 0 Å². The minimum atomic E-state index is -5.14. The fourth-order valence-corrected chi connectivity index (χ4v) is 3.10. The molecule has 1 saturated heterocycles. The van der Waals surface area contributed by atoms with Gasteiger partial charge in [0.2, 0.25) is 0 Å². The molecule has 0 unspecified atom stereocenters. The van der Waals surface area contributed by atoms with Crippen molar-refractivity contribution in [3.8, 4) is 0 Å². The first kappa shape index (κ1) is 25.9. The van der Waals surface area contributed by atoms with Crippen LogP contribution in [0.15, 0.2) is 17.8 Å². The standard InChI is InChI=1S/C11H19NO10S2.K/c1-2-5(14)3-7(12-22-24(18,19)20)23-11-10(17)9(16)8(15)6(4-13)21-11;/h2,5-6,8-11,13-17H,1,3-4H2,(H,18,19,20);/q;+1/p-1/b12-7-;/t5-,6-,8-,9+,10-,11+;/m1./s1. The van der Waals surface area contributed by atoms with Crippen LogP contribution in [0, 0.1) is 0 Å². The molecule has 0 aromatic carbocycles. The van der Waals surface area contributed by atoms with Crippen molar-refractivity contribution in [2.45, 2.75) is 42.4 Å². The average molecular weight is 427 g/mol. The van der Waals surface area contributed by atoms with E-state index in [9.17, 15) is 33.4 Å². The van der Waals surface area contributed by atoms with Crippen molar-refractivity contribution in [2.75, 3.05) is 6.61 Å². The maximum absolute atomic E-state index is 10.5. The van der Waals surface area contributed by atoms with Gasteiger partial charge in [-0.3, -0.25) is 4.28 Å². The van der Waals surface area contributed by atoms with E-state index in [0.29, 0.717) is 11.8 Å². The van der Waals surface area contributed by atoms with Crippen LogP contribution in [0.5, 0.6) is 0 Å². The van der Waals surface area contributed by atoms with Crippen molar-refractivity contribution in [1.82, 2.24) is 0 Å². The number of ether oxygens (including phenoxy) is 1. The van der Waals surface area contributed by atoms with Crippen LogP contribution in [0.1, 0.15) is 6.42 Å². The minimum Gasteiger partial charge on any atom is -0.714 e. The smallest absolute Gasteiger partial charge is 0.714 e. The maximum Gasteiger partial charge on any atom is 1.00 e. The molecule has 1 heterocycles. The maximum atomic E-state index is 10.5. The van der Waals surface area contributed by atoms with Crippen molar-refractivity contribution in [3.63, 3.8) is 0 Å². The topological polar surface area (TPSA) is 189 Å². The van der Waals surface area contributed by atoms with E-state index in [1.165, 1.54) is 0 Å². The summed E-state index contributed by atoms with van der Waals surface area (Å²) >= 11 is 0.542. The summed E-state index contributed by atoms with van der Waals surface area (Å²) in [5.74, 6) is 0. The third-order valence-electron chi connectivity index (χ3n) is 2.99. The van der Waals surface area contributed by atoms with Gasteiger partial charge in [0.05, 0.1) is 12.7 Å². The summed E-state index contributed by atoms with van der Waals surface area (Å²) in [6.45, 7) is 2.65. The number of aliphatic hydroxyl groups excluding tert-OH is 5. The van der Waals surface area contributed by atoms with E-state index in [4.69, 9.17) is 9.84 Å². The second-order valence-corrected chi connectivity index (χ2v) is 6.93. The third kappa shape index (κ3) is 8.61. The summed E-state index contributed by atoms with van der Waals surface area (Å²) < 4.78 is 40.4. The first-order valence-electron chi connectivity index (χ1n) is 6.58. The number of aliphatic hydroxyl groups is 5. The van der Waals surface area contributed by atoms with Crippen LogP contribution < -0.4 is 51.4 Å². The quantitative estimate of drug-likeness (QED) is 0.0495. The second-order valence-electron chi connectivity index (χ2n) is 4.79. The number of nitrogens with zero attached hydrogens (tertiary/aromatic N) is 1. The van der Waals surface area contributed by atoms with Crippen LogP contribution in [0.3, 0.4) is 0 Å². The molecule has 0 bridgehead atoms. The Morgan fingerprint density at radius 1 is 1.36 bits per heavy atom. The Labute approximate surface area is 191 Å². The summed E-state index contributed by atoms with van der Waals surface area (Å²) in [5.41, 5.74) is -1.28. The number of oxime groups is 1. The fraction of sp³-hybridized carbons (Fsp3) is 0.727. The molecular formula is C11H18KNO10S2. The number of hydrogen-bond acceptors (Lipinski definition) is 12. The molecule has 1 fully saturated rings. The van der Waals surface area contributed by atoms with Gasteiger partial charge in [0.15, 0.2) is 0 Å². The first-order valence-corrected chi connectivity index (χ1v) is 8.79. The third-order valence-corrected chi connectivity index (χ3v) is 4.38. The van der Waals surface area contributed by atoms with Gasteiger partial charge < -0.3 is 34.8 Å². The summed E-state index contributed by atoms with van der Waals surface area (Å²) in [7, 11) is -5.14. The SMILES string of the molecule is C=C[C@@H](O)C/C(=N/OS(=O)(=O)[O-])S[C@@H]1O[C@H](CO)[C@@H](O)[C@H](O)[C@H]1O.[K+]. The number of rotatable bonds is 7. The van der Waals surface area contributed by atoms with E-state index in [2.05, 4.69) is 16.0 Å². The molecule has 0 spiro atoms. The van der Waals surface area contributed by atoms with Gasteiger partial charge in [-0.05, 0) is 0 Å². The minimum absolute atomic E-state index is 0. The molecule has 1 aliphatic rings. The Bertz CT molecular complexity index is 557. The van der Waals surface area contributed by atoms with Crippen LogP contribution in [0.2, 0.25) is 0 Å². The van der Waals surface area contributed by atoms with Gasteiger partial charge >= 0.3 is 51.4 Å². The van der Waals surface area contributed by atoms with Crippen LogP contribution >= 0.6 is 11.8 Å². The zero-order valence-corrected chi connectivity index (χ0v) is 18.0. The normalized spacial score (nSPS) is 31.8. The van der Waals surface area contributed by atoms with Gasteiger partial charge in [-0.25, -0.2) is 0 Å². The molecule has 0 amide bonds. The van der Waals surface area contributed by atoms with Crippen LogP contribution in [-0.4, -0.2) is 86.1 Å². The van der Waals surface area contributed by atoms with E-state index in [-0.39, 0.29) is 62.8 Å². The van der Waals surface area contributed by atoms with Crippen molar-refractivity contribution in [3.05, 3.63) is 12.7 Å². The fourth-order valence-electron chi connectivity index (χ4n) is 1.76. The first-order chi connectivity index (χ1) is 11.1. The predicted molar refractivity (Wildman–Crippen MR) is 80.4 cm³/mol. The molecule has 0 aromatic rings. The van der Waals surface area contributed by atoms with Gasteiger partial charge in [-0.2, -0.15) is 8.42 Å². The van der Waals surface area contributed by atoms with Gasteiger partial charge in [-0.15, -0.1) is 6.58 Å². The zero-order chi connectivity index (χ0) is 18.5. The molecule has 0 saturated carbocycles. The molecule has 0 aromatic heterocycles. The van der Waals surface area contributed by atoms with Gasteiger partial charge in [0.25, 0.3) is 10.4 Å². The molecule has 6 atom stereocenters. The molecule has 11 nitrogen and oxygen atoms in total. The van der Waals surface area contributed by atoms with Crippen LogP contribution in [-0.2, 0) is 19.4 Å². The Hall–Kier alpha value is 0.866. The predicted octanol–water partition coefficient (Wildman–Crippen LogP) is -5.75. The molecule has 25 heavy (non-hydrogen) atoms. The van der Waals surface area contributed by atoms with E-state index in [0.717, 1.165) is 6.08 Å². The van der Waals surface area contributed by atoms with E-state index < -0.39 is 53.0 Å². The molecule has 140 valence electrons.